The molecule has 138 valence electrons. The molecule has 1 saturated carbocycles. The van der Waals surface area contributed by atoms with E-state index in [1.807, 2.05) is 25.1 Å². The fraction of sp³-hybridized carbons (Fsp3) is 0.650. The topological polar surface area (TPSA) is 61.8 Å². The van der Waals surface area contributed by atoms with E-state index in [1.165, 1.54) is 5.56 Å². The van der Waals surface area contributed by atoms with Gasteiger partial charge in [0.25, 0.3) is 0 Å². The van der Waals surface area contributed by atoms with Gasteiger partial charge in [-0.25, -0.2) is 0 Å². The molecule has 0 bridgehead atoms. The van der Waals surface area contributed by atoms with E-state index < -0.39 is 0 Å². The quantitative estimate of drug-likeness (QED) is 0.825. The van der Waals surface area contributed by atoms with Gasteiger partial charge in [-0.05, 0) is 50.9 Å². The number of aliphatic hydroxyl groups excluding tert-OH is 1. The molecule has 1 amide bonds. The second-order valence-corrected chi connectivity index (χ2v) is 7.41. The molecule has 0 aromatic heterocycles. The Morgan fingerprint density at radius 3 is 2.72 bits per heavy atom. The van der Waals surface area contributed by atoms with Crippen molar-refractivity contribution in [2.75, 3.05) is 26.2 Å². The van der Waals surface area contributed by atoms with E-state index in [2.05, 4.69) is 23.2 Å². The number of hydrogen-bond donors (Lipinski definition) is 2. The number of aliphatic hydroxyl groups is 1. The number of carbonyl (C=O) groups is 1. The summed E-state index contributed by atoms with van der Waals surface area (Å²) in [6, 6.07) is 8.11. The molecule has 2 aliphatic rings. The molecule has 2 fully saturated rings. The summed E-state index contributed by atoms with van der Waals surface area (Å²) in [6.45, 7) is 7.46. The number of nitrogens with zero attached hydrogens (tertiary/aromatic N) is 1. The molecule has 5 nitrogen and oxygen atoms in total. The largest absolute Gasteiger partial charge is 0.392 e. The summed E-state index contributed by atoms with van der Waals surface area (Å²) >= 11 is 0. The molecule has 5 heteroatoms. The van der Waals surface area contributed by atoms with Gasteiger partial charge in [-0.1, -0.05) is 24.3 Å². The molecule has 1 aliphatic carbocycles. The zero-order valence-electron chi connectivity index (χ0n) is 15.3. The maximum absolute atomic E-state index is 12.2. The third-order valence-corrected chi connectivity index (χ3v) is 6.00. The maximum Gasteiger partial charge on any atom is 0.234 e. The molecule has 2 N–H and O–H groups in total. The van der Waals surface area contributed by atoms with Crippen LogP contribution in [-0.4, -0.2) is 54.4 Å². The highest BCUT2D eigenvalue weighted by atomic mass is 16.5. The predicted molar refractivity (Wildman–Crippen MR) is 97.2 cm³/mol. The Bertz CT molecular complexity index is 594. The van der Waals surface area contributed by atoms with Crippen molar-refractivity contribution in [2.24, 2.45) is 5.41 Å². The van der Waals surface area contributed by atoms with Crippen molar-refractivity contribution in [3.8, 4) is 0 Å². The lowest BCUT2D eigenvalue weighted by molar-refractivity contribution is -0.209. The first-order valence-electron chi connectivity index (χ1n) is 9.38. The average Bonchev–Trinajstić information content (AvgIpc) is 2.61. The van der Waals surface area contributed by atoms with Crippen molar-refractivity contribution in [1.29, 1.82) is 0 Å². The highest BCUT2D eigenvalue weighted by molar-refractivity contribution is 5.78. The molecule has 1 saturated heterocycles. The number of rotatable bonds is 6. The first-order valence-corrected chi connectivity index (χ1v) is 9.38. The summed E-state index contributed by atoms with van der Waals surface area (Å²) in [5.74, 6) is 0.0646. The lowest BCUT2D eigenvalue weighted by atomic mass is 9.58. The number of likely N-dealkylation sites (tertiary alicyclic amines) is 1. The third kappa shape index (κ3) is 3.89. The minimum Gasteiger partial charge on any atom is -0.392 e. The molecule has 3 rings (SSSR count). The van der Waals surface area contributed by atoms with Crippen molar-refractivity contribution in [3.63, 3.8) is 0 Å². The SMILES string of the molecule is CCOC1CC(O)C12CCN(CC(=O)NCc1ccccc1C)CC2. The second kappa shape index (κ2) is 7.85. The lowest BCUT2D eigenvalue weighted by Crippen LogP contribution is -2.62. The summed E-state index contributed by atoms with van der Waals surface area (Å²) in [5.41, 5.74) is 2.28. The van der Waals surface area contributed by atoms with Gasteiger partial charge in [-0.15, -0.1) is 0 Å². The smallest absolute Gasteiger partial charge is 0.234 e. The number of amides is 1. The van der Waals surface area contributed by atoms with Gasteiger partial charge in [-0.2, -0.15) is 0 Å². The third-order valence-electron chi connectivity index (χ3n) is 6.00. The van der Waals surface area contributed by atoms with Crippen molar-refractivity contribution < 1.29 is 14.6 Å². The fourth-order valence-corrected chi connectivity index (χ4v) is 4.21. The summed E-state index contributed by atoms with van der Waals surface area (Å²) in [6.07, 6.45) is 2.50. The van der Waals surface area contributed by atoms with Crippen molar-refractivity contribution in [2.45, 2.75) is 51.9 Å². The van der Waals surface area contributed by atoms with Gasteiger partial charge >= 0.3 is 0 Å². The summed E-state index contributed by atoms with van der Waals surface area (Å²) in [7, 11) is 0. The van der Waals surface area contributed by atoms with Crippen molar-refractivity contribution in [3.05, 3.63) is 35.4 Å². The summed E-state index contributed by atoms with van der Waals surface area (Å²) in [5, 5.41) is 13.3. The number of ether oxygens (including phenoxy) is 1. The lowest BCUT2D eigenvalue weighted by Gasteiger charge is -2.56. The van der Waals surface area contributed by atoms with E-state index in [4.69, 9.17) is 4.74 Å². The molecule has 1 aliphatic heterocycles. The monoisotopic (exact) mass is 346 g/mol. The molecule has 2 atom stereocenters. The molecule has 2 unspecified atom stereocenters. The number of carbonyl (C=O) groups excluding carboxylic acids is 1. The van der Waals surface area contributed by atoms with Gasteiger partial charge in [0.15, 0.2) is 0 Å². The number of nitrogens with one attached hydrogen (secondary N) is 1. The number of aryl methyl sites for hydroxylation is 1. The Labute approximate surface area is 150 Å². The van der Waals surface area contributed by atoms with E-state index in [1.54, 1.807) is 0 Å². The van der Waals surface area contributed by atoms with Crippen LogP contribution in [0, 0.1) is 12.3 Å². The van der Waals surface area contributed by atoms with E-state index in [-0.39, 0.29) is 23.5 Å². The first kappa shape index (κ1) is 18.4. The zero-order chi connectivity index (χ0) is 17.9. The molecular formula is C20H30N2O3. The van der Waals surface area contributed by atoms with Crippen LogP contribution in [0.15, 0.2) is 24.3 Å². The average molecular weight is 346 g/mol. The van der Waals surface area contributed by atoms with E-state index >= 15 is 0 Å². The Morgan fingerprint density at radius 1 is 1.36 bits per heavy atom. The molecule has 1 aromatic carbocycles. The van der Waals surface area contributed by atoms with Crippen LogP contribution < -0.4 is 5.32 Å². The highest BCUT2D eigenvalue weighted by Crippen LogP contribution is 2.50. The highest BCUT2D eigenvalue weighted by Gasteiger charge is 2.55. The Kier molecular flexibility index (Phi) is 5.77. The zero-order valence-corrected chi connectivity index (χ0v) is 15.3. The van der Waals surface area contributed by atoms with Crippen LogP contribution in [0.25, 0.3) is 0 Å². The fourth-order valence-electron chi connectivity index (χ4n) is 4.21. The Hall–Kier alpha value is -1.43. The molecule has 1 spiro atoms. The van der Waals surface area contributed by atoms with Crippen LogP contribution in [0.1, 0.15) is 37.3 Å². The molecule has 25 heavy (non-hydrogen) atoms. The molecule has 0 radical (unpaired) electrons. The normalized spacial score (nSPS) is 25.6. The van der Waals surface area contributed by atoms with Gasteiger partial charge < -0.3 is 15.2 Å². The predicted octanol–water partition coefficient (Wildman–Crippen LogP) is 1.86. The molecule has 1 aromatic rings. The van der Waals surface area contributed by atoms with E-state index in [0.717, 1.165) is 37.9 Å². The van der Waals surface area contributed by atoms with E-state index in [9.17, 15) is 9.90 Å². The Balaban J connectivity index is 1.44. The van der Waals surface area contributed by atoms with Crippen LogP contribution in [0.2, 0.25) is 0 Å². The van der Waals surface area contributed by atoms with Crippen LogP contribution in [-0.2, 0) is 16.1 Å². The standard InChI is InChI=1S/C20H30N2O3/c1-3-25-18-12-17(23)20(18)8-10-22(11-9-20)14-19(24)21-13-16-7-5-4-6-15(16)2/h4-7,17-18,23H,3,8-14H2,1-2H3,(H,21,24). The summed E-state index contributed by atoms with van der Waals surface area (Å²) < 4.78 is 5.80. The van der Waals surface area contributed by atoms with Crippen molar-refractivity contribution in [1.82, 2.24) is 10.2 Å². The minimum absolute atomic E-state index is 0.0646. The van der Waals surface area contributed by atoms with Crippen LogP contribution >= 0.6 is 0 Å². The summed E-state index contributed by atoms with van der Waals surface area (Å²) in [4.78, 5) is 14.4. The number of piperidine rings is 1. The van der Waals surface area contributed by atoms with Gasteiger partial charge in [0.2, 0.25) is 5.91 Å². The molecule has 1 heterocycles. The molecular weight excluding hydrogens is 316 g/mol. The number of benzene rings is 1. The van der Waals surface area contributed by atoms with E-state index in [0.29, 0.717) is 19.7 Å². The van der Waals surface area contributed by atoms with Gasteiger partial charge in [0.05, 0.1) is 18.8 Å². The van der Waals surface area contributed by atoms with Gasteiger partial charge in [0, 0.05) is 25.0 Å². The van der Waals surface area contributed by atoms with Crippen LogP contribution in [0.5, 0.6) is 0 Å². The van der Waals surface area contributed by atoms with Gasteiger partial charge in [0.1, 0.15) is 0 Å². The number of hydrogen-bond acceptors (Lipinski definition) is 4. The van der Waals surface area contributed by atoms with Crippen LogP contribution in [0.4, 0.5) is 0 Å². The minimum atomic E-state index is -0.249. The first-order chi connectivity index (χ1) is 12.0. The Morgan fingerprint density at radius 2 is 2.08 bits per heavy atom. The van der Waals surface area contributed by atoms with Gasteiger partial charge in [-0.3, -0.25) is 9.69 Å². The van der Waals surface area contributed by atoms with Crippen molar-refractivity contribution >= 4 is 5.91 Å². The van der Waals surface area contributed by atoms with Crippen LogP contribution in [0.3, 0.4) is 0 Å². The second-order valence-electron chi connectivity index (χ2n) is 7.41. The maximum atomic E-state index is 12.2.